The number of hydrogen-bond donors (Lipinski definition) is 1. The van der Waals surface area contributed by atoms with E-state index in [1.165, 1.54) is 18.7 Å². The van der Waals surface area contributed by atoms with Crippen LogP contribution in [0.15, 0.2) is 9.59 Å². The van der Waals surface area contributed by atoms with Crippen molar-refractivity contribution >= 4 is 28.3 Å². The molecule has 0 aliphatic rings. The molecule has 0 aliphatic carbocycles. The normalized spacial score (nSPS) is 10.8. The molecule has 2 rings (SSSR count). The van der Waals surface area contributed by atoms with Gasteiger partial charge in [0.1, 0.15) is 5.39 Å². The number of fused-ring (bicyclic) bond motifs is 1. The Morgan fingerprint density at radius 2 is 1.82 bits per heavy atom. The van der Waals surface area contributed by atoms with Gasteiger partial charge in [-0.15, -0.1) is 10.2 Å². The summed E-state index contributed by atoms with van der Waals surface area (Å²) in [5.41, 5.74) is -0.342. The van der Waals surface area contributed by atoms with Crippen molar-refractivity contribution < 1.29 is 0 Å². The topological polar surface area (TPSA) is 81.8 Å². The fraction of sp³-hybridized carbons (Fsp3) is 0.333. The zero-order chi connectivity index (χ0) is 12.7. The average molecular weight is 256 g/mol. The van der Waals surface area contributed by atoms with Crippen molar-refractivity contribution in [2.24, 2.45) is 14.1 Å². The van der Waals surface area contributed by atoms with Crippen LogP contribution in [0.1, 0.15) is 0 Å². The predicted octanol–water partition coefficient (Wildman–Crippen LogP) is -0.278. The van der Waals surface area contributed by atoms with E-state index in [1.54, 1.807) is 7.05 Å². The Hall–Kier alpha value is -1.89. The lowest BCUT2D eigenvalue weighted by atomic mass is 10.3. The lowest BCUT2D eigenvalue weighted by molar-refractivity contribution is 0.703. The third kappa shape index (κ3) is 1.50. The zero-order valence-electron chi connectivity index (χ0n) is 9.48. The molecule has 2 heterocycles. The van der Waals surface area contributed by atoms with E-state index in [2.05, 4.69) is 15.5 Å². The Morgan fingerprint density at radius 1 is 1.18 bits per heavy atom. The maximum absolute atomic E-state index is 12.0. The molecular weight excluding hydrogens is 246 g/mol. The Labute approximate surface area is 101 Å². The molecule has 0 saturated carbocycles. The number of anilines is 1. The van der Waals surface area contributed by atoms with E-state index in [9.17, 15) is 9.59 Å². The number of aromatic nitrogens is 4. The average Bonchev–Trinajstić information content (AvgIpc) is 2.33. The molecule has 0 unspecified atom stereocenters. The van der Waals surface area contributed by atoms with Crippen LogP contribution in [0.2, 0.25) is 5.15 Å². The first-order chi connectivity index (χ1) is 7.99. The molecule has 17 heavy (non-hydrogen) atoms. The summed E-state index contributed by atoms with van der Waals surface area (Å²) in [6.45, 7) is 0. The monoisotopic (exact) mass is 255 g/mol. The minimum Gasteiger partial charge on any atom is -0.385 e. The molecule has 0 amide bonds. The number of halogens is 1. The first-order valence-corrected chi connectivity index (χ1v) is 5.16. The number of nitrogens with zero attached hydrogens (tertiary/aromatic N) is 4. The van der Waals surface area contributed by atoms with Gasteiger partial charge in [-0.3, -0.25) is 13.9 Å². The minimum atomic E-state index is -0.457. The van der Waals surface area contributed by atoms with Crippen molar-refractivity contribution in [3.05, 3.63) is 26.0 Å². The molecule has 0 fully saturated rings. The molecule has 7 nitrogen and oxygen atoms in total. The Balaban J connectivity index is 3.18. The SMILES string of the molecule is CNc1c(Cl)nnc2c1c(=O)n(C)c(=O)n2C. The van der Waals surface area contributed by atoms with Gasteiger partial charge in [-0.2, -0.15) is 0 Å². The van der Waals surface area contributed by atoms with Gasteiger partial charge in [0.2, 0.25) is 0 Å². The van der Waals surface area contributed by atoms with Crippen molar-refractivity contribution in [3.8, 4) is 0 Å². The minimum absolute atomic E-state index is 0.0933. The summed E-state index contributed by atoms with van der Waals surface area (Å²) in [6.07, 6.45) is 0. The summed E-state index contributed by atoms with van der Waals surface area (Å²) < 4.78 is 2.25. The largest absolute Gasteiger partial charge is 0.385 e. The van der Waals surface area contributed by atoms with Crippen LogP contribution in [0.5, 0.6) is 0 Å². The molecule has 0 spiro atoms. The van der Waals surface area contributed by atoms with Crippen molar-refractivity contribution in [3.63, 3.8) is 0 Å². The molecule has 0 radical (unpaired) electrons. The Morgan fingerprint density at radius 3 is 2.41 bits per heavy atom. The van der Waals surface area contributed by atoms with Gasteiger partial charge in [0.05, 0.1) is 5.69 Å². The maximum atomic E-state index is 12.0. The fourth-order valence-corrected chi connectivity index (χ4v) is 1.87. The van der Waals surface area contributed by atoms with Crippen molar-refractivity contribution in [1.29, 1.82) is 0 Å². The van der Waals surface area contributed by atoms with Crippen LogP contribution < -0.4 is 16.6 Å². The van der Waals surface area contributed by atoms with Gasteiger partial charge in [0.15, 0.2) is 10.8 Å². The first kappa shape index (κ1) is 11.6. The molecule has 0 bridgehead atoms. The molecule has 90 valence electrons. The summed E-state index contributed by atoms with van der Waals surface area (Å²) in [4.78, 5) is 23.7. The predicted molar refractivity (Wildman–Crippen MR) is 64.6 cm³/mol. The summed E-state index contributed by atoms with van der Waals surface area (Å²) in [7, 11) is 4.54. The highest BCUT2D eigenvalue weighted by atomic mass is 35.5. The van der Waals surface area contributed by atoms with E-state index in [0.29, 0.717) is 5.69 Å². The fourth-order valence-electron chi connectivity index (χ4n) is 1.64. The molecule has 2 aromatic heterocycles. The first-order valence-electron chi connectivity index (χ1n) is 4.78. The number of nitrogens with one attached hydrogen (secondary N) is 1. The summed E-state index contributed by atoms with van der Waals surface area (Å²) in [5.74, 6) is 0. The molecule has 0 aliphatic heterocycles. The van der Waals surface area contributed by atoms with E-state index < -0.39 is 11.2 Å². The van der Waals surface area contributed by atoms with Gasteiger partial charge in [0.25, 0.3) is 5.56 Å². The standard InChI is InChI=1S/C9H10ClN5O2/c1-11-5-4-7(13-12-6(5)10)14(2)9(17)15(3)8(4)16/h1-3H3,(H,11,13). The van der Waals surface area contributed by atoms with E-state index in [-0.39, 0.29) is 16.2 Å². The van der Waals surface area contributed by atoms with E-state index in [0.717, 1.165) is 4.57 Å². The van der Waals surface area contributed by atoms with Crippen LogP contribution in [0.4, 0.5) is 5.69 Å². The Kier molecular flexibility index (Phi) is 2.62. The highest BCUT2D eigenvalue weighted by Crippen LogP contribution is 2.23. The number of aryl methyl sites for hydroxylation is 1. The molecule has 0 saturated heterocycles. The zero-order valence-corrected chi connectivity index (χ0v) is 10.2. The van der Waals surface area contributed by atoms with Gasteiger partial charge in [-0.1, -0.05) is 11.6 Å². The molecule has 0 atom stereocenters. The molecule has 0 aromatic carbocycles. The van der Waals surface area contributed by atoms with Gasteiger partial charge >= 0.3 is 5.69 Å². The number of rotatable bonds is 1. The van der Waals surface area contributed by atoms with Crippen LogP contribution in [0, 0.1) is 0 Å². The van der Waals surface area contributed by atoms with Crippen molar-refractivity contribution in [2.45, 2.75) is 0 Å². The Bertz CT molecular complexity index is 718. The lowest BCUT2D eigenvalue weighted by Gasteiger charge is -2.09. The molecule has 1 N–H and O–H groups in total. The highest BCUT2D eigenvalue weighted by Gasteiger charge is 2.16. The third-order valence-electron chi connectivity index (χ3n) is 2.57. The number of hydrogen-bond acceptors (Lipinski definition) is 5. The summed E-state index contributed by atoms with van der Waals surface area (Å²) in [5, 5.41) is 10.6. The second-order valence-electron chi connectivity index (χ2n) is 3.52. The molecule has 8 heteroatoms. The van der Waals surface area contributed by atoms with Gasteiger partial charge < -0.3 is 5.32 Å². The van der Waals surface area contributed by atoms with Crippen LogP contribution >= 0.6 is 11.6 Å². The van der Waals surface area contributed by atoms with E-state index in [4.69, 9.17) is 11.6 Å². The second-order valence-corrected chi connectivity index (χ2v) is 3.88. The quantitative estimate of drug-likeness (QED) is 0.758. The van der Waals surface area contributed by atoms with Crippen molar-refractivity contribution in [1.82, 2.24) is 19.3 Å². The third-order valence-corrected chi connectivity index (χ3v) is 2.84. The second kappa shape index (κ2) is 3.85. The van der Waals surface area contributed by atoms with Gasteiger partial charge in [0, 0.05) is 21.1 Å². The maximum Gasteiger partial charge on any atom is 0.332 e. The summed E-state index contributed by atoms with van der Waals surface area (Å²) in [6, 6.07) is 0. The smallest absolute Gasteiger partial charge is 0.332 e. The molecular formula is C9H10ClN5O2. The van der Waals surface area contributed by atoms with Gasteiger partial charge in [-0.05, 0) is 0 Å². The van der Waals surface area contributed by atoms with Crippen LogP contribution in [0.3, 0.4) is 0 Å². The van der Waals surface area contributed by atoms with E-state index in [1.807, 2.05) is 0 Å². The van der Waals surface area contributed by atoms with Gasteiger partial charge in [-0.25, -0.2) is 4.79 Å². The van der Waals surface area contributed by atoms with Crippen LogP contribution in [-0.4, -0.2) is 26.4 Å². The summed E-state index contributed by atoms with van der Waals surface area (Å²) >= 11 is 5.85. The van der Waals surface area contributed by atoms with Crippen LogP contribution in [-0.2, 0) is 14.1 Å². The van der Waals surface area contributed by atoms with E-state index >= 15 is 0 Å². The lowest BCUT2D eigenvalue weighted by Crippen LogP contribution is -2.37. The highest BCUT2D eigenvalue weighted by molar-refractivity contribution is 6.33. The van der Waals surface area contributed by atoms with Crippen molar-refractivity contribution in [2.75, 3.05) is 12.4 Å². The van der Waals surface area contributed by atoms with Crippen LogP contribution in [0.25, 0.3) is 11.0 Å². The molecule has 2 aromatic rings.